The number of amides is 4. The Hall–Kier alpha value is -7.06. The summed E-state index contributed by atoms with van der Waals surface area (Å²) in [6.07, 6.45) is 8.04. The highest BCUT2D eigenvalue weighted by Gasteiger charge is 2.36. The van der Waals surface area contributed by atoms with E-state index in [1.807, 2.05) is 146 Å². The first-order valence-electron chi connectivity index (χ1n) is 20.8. The Bertz CT molecular complexity index is 2310. The van der Waals surface area contributed by atoms with Gasteiger partial charge in [-0.3, -0.25) is 19.2 Å². The molecule has 4 amide bonds. The number of nitrogens with one attached hydrogen (secondary N) is 2. The first kappa shape index (κ1) is 39.8. The maximum Gasteiger partial charge on any atom is 0.254 e. The van der Waals surface area contributed by atoms with Crippen molar-refractivity contribution in [2.45, 2.75) is 50.6 Å². The Kier molecular flexibility index (Phi) is 12.4. The van der Waals surface area contributed by atoms with Crippen LogP contribution in [0.5, 0.6) is 0 Å². The Morgan fingerprint density at radius 3 is 1.23 bits per heavy atom. The molecule has 0 aromatic heterocycles. The van der Waals surface area contributed by atoms with Crippen LogP contribution >= 0.6 is 0 Å². The van der Waals surface area contributed by atoms with E-state index in [-0.39, 0.29) is 23.6 Å². The van der Waals surface area contributed by atoms with Gasteiger partial charge in [0, 0.05) is 35.6 Å². The average Bonchev–Trinajstić information content (AvgIpc) is 3.99. The SMILES string of the molecule is O=C(Nc1ccc(C=Cc2ccc(NC(=O)[C@@H]3CCCN3C(=O)c3ccccc3Cc3ccccc3)cc2)cc1)[C@@H]1CCCN1C(=O)c1ccccc1Cc1ccccc1. The van der Waals surface area contributed by atoms with Crippen LogP contribution < -0.4 is 10.6 Å². The van der Waals surface area contributed by atoms with Gasteiger partial charge in [0.15, 0.2) is 0 Å². The van der Waals surface area contributed by atoms with Crippen LogP contribution in [0.2, 0.25) is 0 Å². The van der Waals surface area contributed by atoms with E-state index >= 15 is 0 Å². The van der Waals surface area contributed by atoms with Gasteiger partial charge in [0.05, 0.1) is 0 Å². The minimum atomic E-state index is -0.540. The van der Waals surface area contributed by atoms with E-state index in [0.29, 0.717) is 61.3 Å². The predicted octanol–water partition coefficient (Wildman–Crippen LogP) is 9.53. The fourth-order valence-electron chi connectivity index (χ4n) is 8.27. The molecule has 2 atom stereocenters. The number of rotatable bonds is 12. The van der Waals surface area contributed by atoms with Gasteiger partial charge in [-0.2, -0.15) is 0 Å². The van der Waals surface area contributed by atoms with Crippen molar-refractivity contribution in [2.75, 3.05) is 23.7 Å². The van der Waals surface area contributed by atoms with Crippen molar-refractivity contribution >= 4 is 47.2 Å². The summed E-state index contributed by atoms with van der Waals surface area (Å²) in [6, 6.07) is 49.6. The third-order valence-electron chi connectivity index (χ3n) is 11.4. The van der Waals surface area contributed by atoms with Gasteiger partial charge < -0.3 is 20.4 Å². The van der Waals surface area contributed by atoms with Gasteiger partial charge in [0.1, 0.15) is 12.1 Å². The largest absolute Gasteiger partial charge is 0.327 e. The Balaban J connectivity index is 0.842. The zero-order valence-corrected chi connectivity index (χ0v) is 33.5. The fraction of sp³-hybridized carbons (Fsp3) is 0.192. The van der Waals surface area contributed by atoms with E-state index in [4.69, 9.17) is 0 Å². The molecule has 0 saturated carbocycles. The lowest BCUT2D eigenvalue weighted by Gasteiger charge is -2.25. The second kappa shape index (κ2) is 18.7. The van der Waals surface area contributed by atoms with Crippen molar-refractivity contribution in [1.29, 1.82) is 0 Å². The lowest BCUT2D eigenvalue weighted by Crippen LogP contribution is -2.43. The maximum atomic E-state index is 13.8. The monoisotopic (exact) mass is 792 g/mol. The fourth-order valence-corrected chi connectivity index (χ4v) is 8.27. The maximum absolute atomic E-state index is 13.8. The zero-order chi connectivity index (χ0) is 41.3. The number of hydrogen-bond donors (Lipinski definition) is 2. The second-order valence-corrected chi connectivity index (χ2v) is 15.5. The topological polar surface area (TPSA) is 98.8 Å². The molecule has 0 unspecified atom stereocenters. The summed E-state index contributed by atoms with van der Waals surface area (Å²) in [6.45, 7) is 1.08. The Labute approximate surface area is 351 Å². The van der Waals surface area contributed by atoms with Crippen molar-refractivity contribution in [3.63, 3.8) is 0 Å². The van der Waals surface area contributed by atoms with E-state index in [9.17, 15) is 19.2 Å². The van der Waals surface area contributed by atoms with E-state index in [1.165, 1.54) is 0 Å². The van der Waals surface area contributed by atoms with Crippen molar-refractivity contribution in [3.05, 3.63) is 202 Å². The first-order chi connectivity index (χ1) is 29.4. The molecule has 8 nitrogen and oxygen atoms in total. The minimum absolute atomic E-state index is 0.112. The molecule has 0 radical (unpaired) electrons. The Morgan fingerprint density at radius 1 is 0.467 bits per heavy atom. The molecule has 8 heteroatoms. The molecule has 2 saturated heterocycles. The molecule has 8 rings (SSSR count). The standard InChI is InChI=1S/C52H48N4O4/c57-49(47-21-11-33-55(47)51(59)45-19-9-7-17-41(45)35-39-13-3-1-4-14-39)53-43-29-25-37(26-30-43)23-24-38-27-31-44(32-28-38)54-50(58)48-22-12-34-56(48)52(60)46-20-10-8-18-42(46)36-40-15-5-2-6-16-40/h1-10,13-20,23-32,47-48H,11-12,21-22,33-36H2,(H,53,57)(H,54,58)/t47-,48-/m0/s1. The molecule has 2 fully saturated rings. The summed E-state index contributed by atoms with van der Waals surface area (Å²) in [5.74, 6) is -0.597. The van der Waals surface area contributed by atoms with Gasteiger partial charge in [-0.15, -0.1) is 0 Å². The van der Waals surface area contributed by atoms with Crippen LogP contribution in [-0.2, 0) is 22.4 Å². The highest BCUT2D eigenvalue weighted by molar-refractivity contribution is 6.03. The summed E-state index contributed by atoms with van der Waals surface area (Å²) < 4.78 is 0. The number of benzene rings is 6. The summed E-state index contributed by atoms with van der Waals surface area (Å²) in [5.41, 5.74) is 8.67. The molecule has 2 aliphatic rings. The molecule has 0 bridgehead atoms. The molecule has 300 valence electrons. The molecule has 6 aromatic carbocycles. The number of anilines is 2. The molecule has 2 aliphatic heterocycles. The van der Waals surface area contributed by atoms with E-state index in [1.54, 1.807) is 9.80 Å². The van der Waals surface area contributed by atoms with Crippen LogP contribution in [0.4, 0.5) is 11.4 Å². The molecule has 6 aromatic rings. The third-order valence-corrected chi connectivity index (χ3v) is 11.4. The van der Waals surface area contributed by atoms with Crippen LogP contribution in [-0.4, -0.2) is 58.6 Å². The quantitative estimate of drug-likeness (QED) is 0.121. The second-order valence-electron chi connectivity index (χ2n) is 15.5. The number of likely N-dealkylation sites (tertiary alicyclic amines) is 2. The van der Waals surface area contributed by atoms with Crippen molar-refractivity contribution in [2.24, 2.45) is 0 Å². The molecule has 0 spiro atoms. The van der Waals surface area contributed by atoms with E-state index in [0.717, 1.165) is 46.2 Å². The van der Waals surface area contributed by atoms with Gasteiger partial charge in [-0.25, -0.2) is 0 Å². The Morgan fingerprint density at radius 2 is 0.833 bits per heavy atom. The summed E-state index contributed by atoms with van der Waals surface area (Å²) in [7, 11) is 0. The van der Waals surface area contributed by atoms with Crippen LogP contribution in [0.1, 0.15) is 79.8 Å². The van der Waals surface area contributed by atoms with Gasteiger partial charge >= 0.3 is 0 Å². The number of nitrogens with zero attached hydrogens (tertiary/aromatic N) is 2. The van der Waals surface area contributed by atoms with Crippen LogP contribution in [0.15, 0.2) is 158 Å². The smallest absolute Gasteiger partial charge is 0.254 e. The van der Waals surface area contributed by atoms with Crippen molar-refractivity contribution < 1.29 is 19.2 Å². The van der Waals surface area contributed by atoms with Crippen LogP contribution in [0.25, 0.3) is 12.2 Å². The minimum Gasteiger partial charge on any atom is -0.327 e. The molecule has 2 N–H and O–H groups in total. The summed E-state index contributed by atoms with van der Waals surface area (Å²) in [5, 5.41) is 6.07. The zero-order valence-electron chi connectivity index (χ0n) is 33.5. The first-order valence-corrected chi connectivity index (χ1v) is 20.8. The van der Waals surface area contributed by atoms with Gasteiger partial charge in [-0.05, 0) is 108 Å². The molecular weight excluding hydrogens is 745 g/mol. The van der Waals surface area contributed by atoms with Gasteiger partial charge in [0.2, 0.25) is 11.8 Å². The molecule has 0 aliphatic carbocycles. The summed E-state index contributed by atoms with van der Waals surface area (Å²) in [4.78, 5) is 58.1. The predicted molar refractivity (Wildman–Crippen MR) is 239 cm³/mol. The normalized spacial score (nSPS) is 16.2. The molecular formula is C52H48N4O4. The lowest BCUT2D eigenvalue weighted by atomic mass is 9.98. The lowest BCUT2D eigenvalue weighted by molar-refractivity contribution is -0.120. The van der Waals surface area contributed by atoms with Gasteiger partial charge in [0.25, 0.3) is 11.8 Å². The van der Waals surface area contributed by atoms with Crippen molar-refractivity contribution in [1.82, 2.24) is 9.80 Å². The average molecular weight is 793 g/mol. The number of carbonyl (C=O) groups excluding carboxylic acids is 4. The number of carbonyl (C=O) groups is 4. The van der Waals surface area contributed by atoms with Crippen LogP contribution in [0.3, 0.4) is 0 Å². The van der Waals surface area contributed by atoms with E-state index < -0.39 is 12.1 Å². The molecule has 60 heavy (non-hydrogen) atoms. The highest BCUT2D eigenvalue weighted by atomic mass is 16.2. The highest BCUT2D eigenvalue weighted by Crippen LogP contribution is 2.27. The third kappa shape index (κ3) is 9.45. The summed E-state index contributed by atoms with van der Waals surface area (Å²) >= 11 is 0. The van der Waals surface area contributed by atoms with Gasteiger partial charge in [-0.1, -0.05) is 133 Å². The van der Waals surface area contributed by atoms with E-state index in [2.05, 4.69) is 34.9 Å². The molecule has 2 heterocycles. The number of hydrogen-bond acceptors (Lipinski definition) is 4. The van der Waals surface area contributed by atoms with Crippen LogP contribution in [0, 0.1) is 0 Å². The van der Waals surface area contributed by atoms with Crippen molar-refractivity contribution in [3.8, 4) is 0 Å².